The van der Waals surface area contributed by atoms with E-state index >= 15 is 0 Å². The molecule has 148 valence electrons. The SMILES string of the molecule is O=C(O)CC1COCCN1C(=O)C1CCN(S(=O)(=O)c2cccnc2)CC1. The van der Waals surface area contributed by atoms with Crippen molar-refractivity contribution in [3.05, 3.63) is 24.5 Å². The van der Waals surface area contributed by atoms with E-state index in [0.717, 1.165) is 0 Å². The van der Waals surface area contributed by atoms with E-state index in [-0.39, 0.29) is 42.8 Å². The summed E-state index contributed by atoms with van der Waals surface area (Å²) in [7, 11) is -3.61. The number of hydrogen-bond acceptors (Lipinski definition) is 6. The van der Waals surface area contributed by atoms with E-state index in [1.807, 2.05) is 0 Å². The highest BCUT2D eigenvalue weighted by molar-refractivity contribution is 7.89. The summed E-state index contributed by atoms with van der Waals surface area (Å²) in [4.78, 5) is 29.5. The largest absolute Gasteiger partial charge is 0.481 e. The fourth-order valence-electron chi connectivity index (χ4n) is 3.54. The Labute approximate surface area is 158 Å². The Hall–Kier alpha value is -2.04. The van der Waals surface area contributed by atoms with Gasteiger partial charge in [0, 0.05) is 37.9 Å². The molecule has 3 rings (SSSR count). The van der Waals surface area contributed by atoms with Crippen molar-refractivity contribution in [1.29, 1.82) is 0 Å². The molecule has 0 aromatic carbocycles. The summed E-state index contributed by atoms with van der Waals surface area (Å²) in [5.74, 6) is -1.39. The first-order valence-corrected chi connectivity index (χ1v) is 10.3. The lowest BCUT2D eigenvalue weighted by atomic mass is 9.95. The number of ether oxygens (including phenoxy) is 1. The molecule has 2 saturated heterocycles. The standard InChI is InChI=1S/C17H23N3O6S/c21-16(22)10-14-12-26-9-8-20(14)17(23)13-3-6-19(7-4-13)27(24,25)15-2-1-5-18-11-15/h1-2,5,11,13-14H,3-4,6-10,12H2,(H,21,22). The lowest BCUT2D eigenvalue weighted by molar-refractivity contribution is -0.149. The van der Waals surface area contributed by atoms with E-state index in [2.05, 4.69) is 4.98 Å². The van der Waals surface area contributed by atoms with Crippen molar-refractivity contribution in [2.75, 3.05) is 32.8 Å². The molecule has 1 aromatic heterocycles. The minimum atomic E-state index is -3.61. The first-order valence-electron chi connectivity index (χ1n) is 8.90. The number of pyridine rings is 1. The molecule has 1 N–H and O–H groups in total. The number of carboxylic acids is 1. The molecule has 0 radical (unpaired) electrons. The number of sulfonamides is 1. The van der Waals surface area contributed by atoms with E-state index < -0.39 is 22.0 Å². The molecular weight excluding hydrogens is 374 g/mol. The van der Waals surface area contributed by atoms with Crippen LogP contribution < -0.4 is 0 Å². The van der Waals surface area contributed by atoms with Crippen molar-refractivity contribution in [3.8, 4) is 0 Å². The molecule has 0 aliphatic carbocycles. The number of morpholine rings is 1. The summed E-state index contributed by atoms with van der Waals surface area (Å²) >= 11 is 0. The fourth-order valence-corrected chi connectivity index (χ4v) is 4.98. The van der Waals surface area contributed by atoms with Gasteiger partial charge in [-0.15, -0.1) is 0 Å². The zero-order valence-electron chi connectivity index (χ0n) is 14.9. The molecule has 9 nitrogen and oxygen atoms in total. The third-order valence-corrected chi connectivity index (χ3v) is 6.88. The Morgan fingerprint density at radius 3 is 2.63 bits per heavy atom. The predicted octanol–water partition coefficient (Wildman–Crippen LogP) is 0.184. The first-order chi connectivity index (χ1) is 12.9. The van der Waals surface area contributed by atoms with Crippen LogP contribution in [0.2, 0.25) is 0 Å². The van der Waals surface area contributed by atoms with Crippen LogP contribution in [0.1, 0.15) is 19.3 Å². The molecule has 2 fully saturated rings. The second kappa shape index (κ2) is 8.32. The average molecular weight is 397 g/mol. The van der Waals surface area contributed by atoms with Crippen LogP contribution in [0.3, 0.4) is 0 Å². The van der Waals surface area contributed by atoms with Gasteiger partial charge in [-0.05, 0) is 25.0 Å². The predicted molar refractivity (Wildman–Crippen MR) is 94.3 cm³/mol. The van der Waals surface area contributed by atoms with Crippen molar-refractivity contribution in [2.45, 2.75) is 30.2 Å². The van der Waals surface area contributed by atoms with E-state index in [4.69, 9.17) is 9.84 Å². The van der Waals surface area contributed by atoms with Crippen LogP contribution >= 0.6 is 0 Å². The van der Waals surface area contributed by atoms with Gasteiger partial charge in [0.05, 0.1) is 25.7 Å². The summed E-state index contributed by atoms with van der Waals surface area (Å²) in [6.45, 7) is 1.47. The number of rotatable bonds is 5. The van der Waals surface area contributed by atoms with Gasteiger partial charge in [-0.2, -0.15) is 4.31 Å². The second-order valence-corrected chi connectivity index (χ2v) is 8.66. The molecule has 0 spiro atoms. The molecule has 3 heterocycles. The number of nitrogens with zero attached hydrogens (tertiary/aromatic N) is 3. The van der Waals surface area contributed by atoms with Gasteiger partial charge in [0.25, 0.3) is 0 Å². The number of carbonyl (C=O) groups is 2. The van der Waals surface area contributed by atoms with E-state index in [9.17, 15) is 18.0 Å². The topological polar surface area (TPSA) is 117 Å². The van der Waals surface area contributed by atoms with Crippen molar-refractivity contribution in [3.63, 3.8) is 0 Å². The van der Waals surface area contributed by atoms with Gasteiger partial charge < -0.3 is 14.7 Å². The summed E-state index contributed by atoms with van der Waals surface area (Å²) in [5.41, 5.74) is 0. The van der Waals surface area contributed by atoms with E-state index in [0.29, 0.717) is 26.0 Å². The van der Waals surface area contributed by atoms with Crippen molar-refractivity contribution >= 4 is 21.9 Å². The molecule has 0 bridgehead atoms. The summed E-state index contributed by atoms with van der Waals surface area (Å²) in [6, 6.07) is 2.61. The Balaban J connectivity index is 1.63. The summed E-state index contributed by atoms with van der Waals surface area (Å²) < 4.78 is 32.0. The maximum atomic E-state index is 12.9. The van der Waals surface area contributed by atoms with Crippen LogP contribution in [0.4, 0.5) is 0 Å². The molecule has 1 unspecified atom stereocenters. The van der Waals surface area contributed by atoms with Gasteiger partial charge >= 0.3 is 5.97 Å². The Morgan fingerprint density at radius 1 is 1.26 bits per heavy atom. The Bertz CT molecular complexity index is 777. The molecule has 1 atom stereocenters. The van der Waals surface area contributed by atoms with Crippen LogP contribution in [0.15, 0.2) is 29.4 Å². The van der Waals surface area contributed by atoms with Crippen LogP contribution in [0, 0.1) is 5.92 Å². The highest BCUT2D eigenvalue weighted by atomic mass is 32.2. The number of hydrogen-bond donors (Lipinski definition) is 1. The second-order valence-electron chi connectivity index (χ2n) is 6.73. The Kier molecular flexibility index (Phi) is 6.08. The van der Waals surface area contributed by atoms with E-state index in [1.165, 1.54) is 22.8 Å². The van der Waals surface area contributed by atoms with Crippen molar-refractivity contribution < 1.29 is 27.9 Å². The number of amides is 1. The first kappa shape index (κ1) is 19.7. The summed E-state index contributed by atoms with van der Waals surface area (Å²) in [5, 5.41) is 9.04. The molecule has 10 heteroatoms. The molecule has 27 heavy (non-hydrogen) atoms. The maximum Gasteiger partial charge on any atom is 0.305 e. The van der Waals surface area contributed by atoms with Crippen molar-refractivity contribution in [2.24, 2.45) is 5.92 Å². The van der Waals surface area contributed by atoms with Gasteiger partial charge in [-0.25, -0.2) is 8.42 Å². The Morgan fingerprint density at radius 2 is 2.00 bits per heavy atom. The molecule has 2 aliphatic heterocycles. The molecule has 2 aliphatic rings. The van der Waals surface area contributed by atoms with Crippen LogP contribution in [0.5, 0.6) is 0 Å². The van der Waals surface area contributed by atoms with Crippen LogP contribution in [-0.2, 0) is 24.3 Å². The lowest BCUT2D eigenvalue weighted by Crippen LogP contribution is -2.53. The highest BCUT2D eigenvalue weighted by Crippen LogP contribution is 2.26. The van der Waals surface area contributed by atoms with Gasteiger partial charge in [0.2, 0.25) is 15.9 Å². The third kappa shape index (κ3) is 4.45. The zero-order chi connectivity index (χ0) is 19.4. The number of aliphatic carboxylic acids is 1. The maximum absolute atomic E-state index is 12.9. The quantitative estimate of drug-likeness (QED) is 0.753. The van der Waals surface area contributed by atoms with Gasteiger partial charge in [-0.1, -0.05) is 0 Å². The zero-order valence-corrected chi connectivity index (χ0v) is 15.7. The monoisotopic (exact) mass is 397 g/mol. The molecule has 0 saturated carbocycles. The third-order valence-electron chi connectivity index (χ3n) is 5.00. The lowest BCUT2D eigenvalue weighted by Gasteiger charge is -2.39. The molecular formula is C17H23N3O6S. The normalized spacial score (nSPS) is 22.5. The number of carboxylic acid groups (broad SMARTS) is 1. The van der Waals surface area contributed by atoms with Gasteiger partial charge in [0.15, 0.2) is 0 Å². The van der Waals surface area contributed by atoms with Gasteiger partial charge in [0.1, 0.15) is 4.90 Å². The van der Waals surface area contributed by atoms with Gasteiger partial charge in [-0.3, -0.25) is 14.6 Å². The number of piperidine rings is 1. The minimum Gasteiger partial charge on any atom is -0.481 e. The van der Waals surface area contributed by atoms with E-state index in [1.54, 1.807) is 11.0 Å². The average Bonchev–Trinajstić information content (AvgIpc) is 2.68. The fraction of sp³-hybridized carbons (Fsp3) is 0.588. The summed E-state index contributed by atoms with van der Waals surface area (Å²) in [6.07, 6.45) is 3.50. The van der Waals surface area contributed by atoms with Crippen molar-refractivity contribution in [1.82, 2.24) is 14.2 Å². The van der Waals surface area contributed by atoms with Crippen LogP contribution in [0.25, 0.3) is 0 Å². The smallest absolute Gasteiger partial charge is 0.305 e. The molecule has 1 amide bonds. The minimum absolute atomic E-state index is 0.108. The van der Waals surface area contributed by atoms with Crippen LogP contribution in [-0.4, -0.2) is 78.5 Å². The number of aromatic nitrogens is 1. The highest BCUT2D eigenvalue weighted by Gasteiger charge is 2.37. The molecule has 1 aromatic rings. The number of carbonyl (C=O) groups excluding carboxylic acids is 1.